The highest BCUT2D eigenvalue weighted by Crippen LogP contribution is 2.22. The van der Waals surface area contributed by atoms with Crippen LogP contribution in [0.1, 0.15) is 12.5 Å². The van der Waals surface area contributed by atoms with Gasteiger partial charge in [-0.1, -0.05) is 12.1 Å². The minimum Gasteiger partial charge on any atom is -0.355 e. The molecule has 1 saturated heterocycles. The topological polar surface area (TPSA) is 44.4 Å². The van der Waals surface area contributed by atoms with E-state index in [4.69, 9.17) is 0 Å². The molecule has 1 atom stereocenters. The van der Waals surface area contributed by atoms with Crippen LogP contribution in [0.4, 0.5) is 4.39 Å². The highest BCUT2D eigenvalue weighted by Gasteiger charge is 2.28. The molecule has 0 saturated carbocycles. The Kier molecular flexibility index (Phi) is 5.51. The smallest absolute Gasteiger partial charge is 0.238 e. The van der Waals surface area contributed by atoms with Gasteiger partial charge in [-0.25, -0.2) is 4.39 Å². The molecule has 1 aromatic carbocycles. The van der Waals surface area contributed by atoms with Gasteiger partial charge in [0.25, 0.3) is 0 Å². The van der Waals surface area contributed by atoms with Crippen molar-refractivity contribution in [2.75, 3.05) is 26.2 Å². The number of rotatable bonds is 4. The number of nitrogens with one attached hydrogen (secondary N) is 2. The van der Waals surface area contributed by atoms with E-state index in [1.54, 1.807) is 6.07 Å². The maximum Gasteiger partial charge on any atom is 0.238 e. The number of halogens is 2. The number of benzene rings is 1. The fourth-order valence-electron chi connectivity index (χ4n) is 2.38. The molecule has 0 radical (unpaired) electrons. The van der Waals surface area contributed by atoms with Crippen molar-refractivity contribution in [2.24, 2.45) is 0 Å². The number of hydrogen-bond acceptors (Lipinski definition) is 3. The summed E-state index contributed by atoms with van der Waals surface area (Å²) in [6.45, 7) is 5.31. The summed E-state index contributed by atoms with van der Waals surface area (Å²) < 4.78 is 14.0. The average Bonchev–Trinajstić information content (AvgIpc) is 2.45. The predicted molar refractivity (Wildman–Crippen MR) is 79.9 cm³/mol. The molecule has 0 bridgehead atoms. The Bertz CT molecular complexity index is 483. The first-order valence-electron chi connectivity index (χ1n) is 6.79. The number of carbonyl (C=O) groups is 1. The highest BCUT2D eigenvalue weighted by molar-refractivity contribution is 9.10. The standard InChI is InChI=1S/C14H19BrFN3O/c1-2-18-14(20)12-8-17-6-7-19(12)9-10-4-3-5-11(16)13(10)15/h3-5,12,17H,2,6-9H2,1H3,(H,18,20). The lowest BCUT2D eigenvalue weighted by Gasteiger charge is -2.35. The van der Waals surface area contributed by atoms with Crippen LogP contribution in [0.25, 0.3) is 0 Å². The summed E-state index contributed by atoms with van der Waals surface area (Å²) >= 11 is 3.28. The molecule has 1 heterocycles. The van der Waals surface area contributed by atoms with E-state index in [0.29, 0.717) is 24.1 Å². The Morgan fingerprint density at radius 1 is 1.60 bits per heavy atom. The molecule has 2 N–H and O–H groups in total. The van der Waals surface area contributed by atoms with Crippen molar-refractivity contribution in [3.8, 4) is 0 Å². The molecule has 20 heavy (non-hydrogen) atoms. The third kappa shape index (κ3) is 3.56. The zero-order valence-corrected chi connectivity index (χ0v) is 13.0. The second-order valence-electron chi connectivity index (χ2n) is 4.80. The first-order valence-corrected chi connectivity index (χ1v) is 7.58. The van der Waals surface area contributed by atoms with Crippen molar-refractivity contribution >= 4 is 21.8 Å². The lowest BCUT2D eigenvalue weighted by atomic mass is 10.1. The Labute approximate surface area is 126 Å². The molecule has 1 unspecified atom stereocenters. The zero-order chi connectivity index (χ0) is 14.5. The van der Waals surface area contributed by atoms with Crippen LogP contribution in [0.3, 0.4) is 0 Å². The molecule has 2 rings (SSSR count). The molecule has 1 aliphatic heterocycles. The van der Waals surface area contributed by atoms with E-state index in [-0.39, 0.29) is 17.8 Å². The summed E-state index contributed by atoms with van der Waals surface area (Å²) in [5.74, 6) is -0.251. The van der Waals surface area contributed by atoms with Gasteiger partial charge < -0.3 is 10.6 Å². The Balaban J connectivity index is 2.12. The Morgan fingerprint density at radius 3 is 3.15 bits per heavy atom. The number of nitrogens with zero attached hydrogens (tertiary/aromatic N) is 1. The molecule has 0 aromatic heterocycles. The maximum absolute atomic E-state index is 13.6. The molecule has 1 fully saturated rings. The summed E-state index contributed by atoms with van der Waals surface area (Å²) in [4.78, 5) is 14.2. The van der Waals surface area contributed by atoms with Gasteiger partial charge in [-0.3, -0.25) is 9.69 Å². The van der Waals surface area contributed by atoms with Crippen molar-refractivity contribution in [3.05, 3.63) is 34.1 Å². The van der Waals surface area contributed by atoms with Gasteiger partial charge in [-0.2, -0.15) is 0 Å². The third-order valence-corrected chi connectivity index (χ3v) is 4.30. The molecule has 0 aliphatic carbocycles. The minimum atomic E-state index is -0.271. The summed E-state index contributed by atoms with van der Waals surface area (Å²) in [5, 5.41) is 6.08. The van der Waals surface area contributed by atoms with Crippen LogP contribution in [0.2, 0.25) is 0 Å². The van der Waals surface area contributed by atoms with Crippen LogP contribution in [-0.4, -0.2) is 43.0 Å². The summed E-state index contributed by atoms with van der Waals surface area (Å²) in [6, 6.07) is 4.79. The van der Waals surface area contributed by atoms with E-state index in [1.807, 2.05) is 13.0 Å². The van der Waals surface area contributed by atoms with Gasteiger partial charge in [-0.15, -0.1) is 0 Å². The van der Waals surface area contributed by atoms with Gasteiger partial charge in [0.1, 0.15) is 11.9 Å². The third-order valence-electron chi connectivity index (χ3n) is 3.41. The summed E-state index contributed by atoms with van der Waals surface area (Å²) in [5.41, 5.74) is 0.862. The largest absolute Gasteiger partial charge is 0.355 e. The molecular weight excluding hydrogens is 325 g/mol. The van der Waals surface area contributed by atoms with Crippen molar-refractivity contribution < 1.29 is 9.18 Å². The fraction of sp³-hybridized carbons (Fsp3) is 0.500. The minimum absolute atomic E-state index is 0.0206. The van der Waals surface area contributed by atoms with Crippen LogP contribution in [-0.2, 0) is 11.3 Å². The summed E-state index contributed by atoms with van der Waals surface area (Å²) in [7, 11) is 0. The van der Waals surface area contributed by atoms with Crippen molar-refractivity contribution in [3.63, 3.8) is 0 Å². The SMILES string of the molecule is CCNC(=O)C1CNCCN1Cc1cccc(F)c1Br. The first-order chi connectivity index (χ1) is 9.63. The molecule has 1 aliphatic rings. The second-order valence-corrected chi connectivity index (χ2v) is 5.59. The monoisotopic (exact) mass is 343 g/mol. The predicted octanol–water partition coefficient (Wildman–Crippen LogP) is 1.50. The highest BCUT2D eigenvalue weighted by atomic mass is 79.9. The van der Waals surface area contributed by atoms with Crippen LogP contribution in [0.5, 0.6) is 0 Å². The van der Waals surface area contributed by atoms with Gasteiger partial charge in [0.15, 0.2) is 0 Å². The van der Waals surface area contributed by atoms with Gasteiger partial charge >= 0.3 is 0 Å². The fourth-order valence-corrected chi connectivity index (χ4v) is 2.77. The van der Waals surface area contributed by atoms with E-state index >= 15 is 0 Å². The summed E-state index contributed by atoms with van der Waals surface area (Å²) in [6.07, 6.45) is 0. The molecule has 1 aromatic rings. The maximum atomic E-state index is 13.6. The lowest BCUT2D eigenvalue weighted by Crippen LogP contribution is -2.57. The van der Waals surface area contributed by atoms with E-state index in [9.17, 15) is 9.18 Å². The van der Waals surface area contributed by atoms with Crippen molar-refractivity contribution in [1.29, 1.82) is 0 Å². The van der Waals surface area contributed by atoms with Crippen molar-refractivity contribution in [2.45, 2.75) is 19.5 Å². The van der Waals surface area contributed by atoms with Crippen molar-refractivity contribution in [1.82, 2.24) is 15.5 Å². The second kappa shape index (κ2) is 7.15. The van der Waals surface area contributed by atoms with E-state index in [0.717, 1.165) is 18.7 Å². The van der Waals surface area contributed by atoms with E-state index in [2.05, 4.69) is 31.5 Å². The van der Waals surface area contributed by atoms with Gasteiger partial charge in [0.05, 0.1) is 4.47 Å². The lowest BCUT2D eigenvalue weighted by molar-refractivity contribution is -0.127. The van der Waals surface area contributed by atoms with E-state index < -0.39 is 0 Å². The van der Waals surface area contributed by atoms with Crippen LogP contribution in [0, 0.1) is 5.82 Å². The number of hydrogen-bond donors (Lipinski definition) is 2. The number of piperazine rings is 1. The molecule has 0 spiro atoms. The van der Waals surface area contributed by atoms with Crippen LogP contribution >= 0.6 is 15.9 Å². The molecular formula is C14H19BrFN3O. The molecule has 110 valence electrons. The quantitative estimate of drug-likeness (QED) is 0.870. The number of amides is 1. The number of carbonyl (C=O) groups excluding carboxylic acids is 1. The average molecular weight is 344 g/mol. The Hall–Kier alpha value is -0.980. The van der Waals surface area contributed by atoms with Crippen LogP contribution < -0.4 is 10.6 Å². The molecule has 4 nitrogen and oxygen atoms in total. The first kappa shape index (κ1) is 15.4. The molecule has 1 amide bonds. The Morgan fingerprint density at radius 2 is 2.40 bits per heavy atom. The molecule has 6 heteroatoms. The number of likely N-dealkylation sites (N-methyl/N-ethyl adjacent to an activating group) is 1. The van der Waals surface area contributed by atoms with Gasteiger partial charge in [0, 0.05) is 32.7 Å². The normalized spacial score (nSPS) is 19.9. The van der Waals surface area contributed by atoms with Gasteiger partial charge in [0.2, 0.25) is 5.91 Å². The van der Waals surface area contributed by atoms with Gasteiger partial charge in [-0.05, 0) is 34.5 Å². The van der Waals surface area contributed by atoms with E-state index in [1.165, 1.54) is 6.07 Å². The van der Waals surface area contributed by atoms with Crippen LogP contribution in [0.15, 0.2) is 22.7 Å². The zero-order valence-electron chi connectivity index (χ0n) is 11.5.